The SMILES string of the molecule is CC(C)[C@@H]1C(=O)C(C(N)=O)C(=O)[C@@]2(O)C(=O)C3C(=O)c4c(ccc(N5CCCCC5)c4O)C[C@H]3C[C@@H]12. The molecule has 0 aromatic heterocycles. The van der Waals surface area contributed by atoms with Crippen molar-refractivity contribution < 1.29 is 34.2 Å². The van der Waals surface area contributed by atoms with Gasteiger partial charge in [-0.2, -0.15) is 0 Å². The number of aromatic hydroxyl groups is 1. The molecule has 3 aliphatic carbocycles. The molecule has 4 aliphatic rings. The molecule has 36 heavy (non-hydrogen) atoms. The number of benzene rings is 1. The number of hydrogen-bond acceptors (Lipinski definition) is 8. The largest absolute Gasteiger partial charge is 0.505 e. The first-order valence-corrected chi connectivity index (χ1v) is 12.8. The fraction of sp³-hybridized carbons (Fsp3) is 0.593. The fourth-order valence-corrected chi connectivity index (χ4v) is 7.21. The van der Waals surface area contributed by atoms with E-state index in [1.165, 1.54) is 0 Å². The van der Waals surface area contributed by atoms with Gasteiger partial charge in [0, 0.05) is 24.9 Å². The van der Waals surface area contributed by atoms with Crippen molar-refractivity contribution in [3.8, 4) is 5.75 Å². The zero-order valence-corrected chi connectivity index (χ0v) is 20.5. The second-order valence-corrected chi connectivity index (χ2v) is 11.2. The highest BCUT2D eigenvalue weighted by Crippen LogP contribution is 2.53. The van der Waals surface area contributed by atoms with Crippen LogP contribution in [-0.4, -0.2) is 57.9 Å². The van der Waals surface area contributed by atoms with Crippen molar-refractivity contribution in [2.45, 2.75) is 51.6 Å². The number of carbonyl (C=O) groups excluding carboxylic acids is 5. The van der Waals surface area contributed by atoms with E-state index in [2.05, 4.69) is 0 Å². The van der Waals surface area contributed by atoms with Crippen LogP contribution in [-0.2, 0) is 25.6 Å². The number of nitrogens with zero attached hydrogens (tertiary/aromatic N) is 1. The highest BCUT2D eigenvalue weighted by molar-refractivity contribution is 6.32. The Balaban J connectivity index is 1.59. The van der Waals surface area contributed by atoms with Crippen LogP contribution in [0.3, 0.4) is 0 Å². The van der Waals surface area contributed by atoms with Crippen LogP contribution >= 0.6 is 0 Å². The standard InChI is InChI=1S/C27H32N2O7/c1-12(2)17-15-11-14-10-13-6-7-16(29-8-4-3-5-9-29)21(30)18(13)23(32)19(14)24(33)27(15,36)25(34)20(22(17)31)26(28)35/h6-7,12,14-15,17,19-20,30,36H,3-5,8-11H2,1-2H3,(H2,28,35)/t14-,15-,17-,19?,20?,27-/m0/s1. The number of rotatable bonds is 3. The summed E-state index contributed by atoms with van der Waals surface area (Å²) in [7, 11) is 0. The molecule has 9 heteroatoms. The monoisotopic (exact) mass is 496 g/mol. The van der Waals surface area contributed by atoms with E-state index in [1.54, 1.807) is 26.0 Å². The highest BCUT2D eigenvalue weighted by Gasteiger charge is 2.69. The number of amides is 1. The quantitative estimate of drug-likeness (QED) is 0.527. The van der Waals surface area contributed by atoms with Gasteiger partial charge in [-0.05, 0) is 55.6 Å². The lowest BCUT2D eigenvalue weighted by molar-refractivity contribution is -0.182. The number of ketones is 4. The van der Waals surface area contributed by atoms with E-state index in [4.69, 9.17) is 5.73 Å². The zero-order chi connectivity index (χ0) is 26.1. The summed E-state index contributed by atoms with van der Waals surface area (Å²) in [6, 6.07) is 3.61. The molecule has 1 aliphatic heterocycles. The van der Waals surface area contributed by atoms with Crippen LogP contribution in [0.2, 0.25) is 0 Å². The molecule has 4 N–H and O–H groups in total. The van der Waals surface area contributed by atoms with Crippen molar-refractivity contribution >= 4 is 34.7 Å². The van der Waals surface area contributed by atoms with Crippen LogP contribution in [0.1, 0.15) is 55.5 Å². The molecule has 1 aromatic rings. The van der Waals surface area contributed by atoms with E-state index in [0.29, 0.717) is 17.7 Å². The average Bonchev–Trinajstić information content (AvgIpc) is 2.81. The summed E-state index contributed by atoms with van der Waals surface area (Å²) in [5.41, 5.74) is 3.91. The number of aliphatic hydroxyl groups is 1. The summed E-state index contributed by atoms with van der Waals surface area (Å²) in [5, 5.41) is 22.8. The van der Waals surface area contributed by atoms with Gasteiger partial charge in [0.05, 0.1) is 17.2 Å². The van der Waals surface area contributed by atoms with Gasteiger partial charge < -0.3 is 20.8 Å². The molecule has 2 unspecified atom stereocenters. The smallest absolute Gasteiger partial charge is 0.235 e. The molecule has 192 valence electrons. The summed E-state index contributed by atoms with van der Waals surface area (Å²) in [6.45, 7) is 4.96. The summed E-state index contributed by atoms with van der Waals surface area (Å²) in [6.07, 6.45) is 3.43. The highest BCUT2D eigenvalue weighted by atomic mass is 16.3. The number of primary amides is 1. The Hall–Kier alpha value is -3.07. The summed E-state index contributed by atoms with van der Waals surface area (Å²) < 4.78 is 0. The van der Waals surface area contributed by atoms with E-state index < -0.39 is 64.2 Å². The number of hydrogen-bond donors (Lipinski definition) is 3. The number of fused-ring (bicyclic) bond motifs is 3. The van der Waals surface area contributed by atoms with E-state index in [0.717, 1.165) is 32.4 Å². The van der Waals surface area contributed by atoms with Crippen LogP contribution in [0.4, 0.5) is 5.69 Å². The molecule has 0 bridgehead atoms. The minimum absolute atomic E-state index is 0.0564. The van der Waals surface area contributed by atoms with Gasteiger partial charge in [-0.25, -0.2) is 0 Å². The fourth-order valence-electron chi connectivity index (χ4n) is 7.21. The molecule has 0 radical (unpaired) electrons. The lowest BCUT2D eigenvalue weighted by Gasteiger charge is -2.52. The van der Waals surface area contributed by atoms with Crippen LogP contribution < -0.4 is 10.6 Å². The molecule has 5 rings (SSSR count). The Bertz CT molecular complexity index is 1180. The molecule has 0 spiro atoms. The lowest BCUT2D eigenvalue weighted by atomic mass is 9.50. The third-order valence-corrected chi connectivity index (χ3v) is 8.86. The van der Waals surface area contributed by atoms with Crippen LogP contribution in [0.5, 0.6) is 5.75 Å². The van der Waals surface area contributed by atoms with E-state index in [9.17, 15) is 34.2 Å². The van der Waals surface area contributed by atoms with E-state index in [-0.39, 0.29) is 23.7 Å². The molecule has 2 saturated carbocycles. The Kier molecular flexibility index (Phi) is 5.82. The zero-order valence-electron chi connectivity index (χ0n) is 20.5. The molecule has 1 saturated heterocycles. The van der Waals surface area contributed by atoms with Gasteiger partial charge >= 0.3 is 0 Å². The van der Waals surface area contributed by atoms with Crippen LogP contribution in [0, 0.1) is 35.5 Å². The Labute approximate surface area is 209 Å². The van der Waals surface area contributed by atoms with Crippen molar-refractivity contribution in [1.29, 1.82) is 0 Å². The van der Waals surface area contributed by atoms with E-state index >= 15 is 0 Å². The van der Waals surface area contributed by atoms with E-state index in [1.807, 2.05) is 4.90 Å². The van der Waals surface area contributed by atoms with Crippen molar-refractivity contribution in [2.75, 3.05) is 18.0 Å². The number of anilines is 1. The molecule has 9 nitrogen and oxygen atoms in total. The first-order valence-electron chi connectivity index (χ1n) is 12.8. The normalized spacial score (nSPS) is 34.3. The van der Waals surface area contributed by atoms with Gasteiger partial charge in [-0.1, -0.05) is 19.9 Å². The second-order valence-electron chi connectivity index (χ2n) is 11.2. The number of carbonyl (C=O) groups is 5. The van der Waals surface area contributed by atoms with Crippen LogP contribution in [0.15, 0.2) is 12.1 Å². The Morgan fingerprint density at radius 3 is 2.36 bits per heavy atom. The van der Waals surface area contributed by atoms with Crippen molar-refractivity contribution in [1.82, 2.24) is 0 Å². The lowest BCUT2D eigenvalue weighted by Crippen LogP contribution is -2.71. The molecular formula is C27H32N2O7. The number of phenolic OH excluding ortho intramolecular Hbond substituents is 1. The van der Waals surface area contributed by atoms with Gasteiger partial charge in [0.2, 0.25) is 5.91 Å². The molecule has 1 heterocycles. The average molecular weight is 497 g/mol. The third-order valence-electron chi connectivity index (χ3n) is 8.86. The Morgan fingerprint density at radius 2 is 1.75 bits per heavy atom. The maximum atomic E-state index is 13.8. The maximum absolute atomic E-state index is 13.8. The predicted molar refractivity (Wildman–Crippen MR) is 128 cm³/mol. The first-order chi connectivity index (χ1) is 17.0. The minimum Gasteiger partial charge on any atom is -0.505 e. The van der Waals surface area contributed by atoms with Crippen LogP contribution in [0.25, 0.3) is 0 Å². The molecular weight excluding hydrogens is 464 g/mol. The summed E-state index contributed by atoms with van der Waals surface area (Å²) >= 11 is 0. The topological polar surface area (TPSA) is 155 Å². The first kappa shape index (κ1) is 24.6. The van der Waals surface area contributed by atoms with Gasteiger partial charge in [0.25, 0.3) is 0 Å². The second kappa shape index (κ2) is 8.50. The third kappa shape index (κ3) is 3.28. The maximum Gasteiger partial charge on any atom is 0.235 e. The van der Waals surface area contributed by atoms with Gasteiger partial charge in [-0.15, -0.1) is 0 Å². The van der Waals surface area contributed by atoms with Crippen molar-refractivity contribution in [3.05, 3.63) is 23.3 Å². The number of nitrogens with two attached hydrogens (primary N) is 1. The molecule has 6 atom stereocenters. The minimum atomic E-state index is -2.66. The summed E-state index contributed by atoms with van der Waals surface area (Å²) in [4.78, 5) is 68.1. The molecule has 3 fully saturated rings. The predicted octanol–water partition coefficient (Wildman–Crippen LogP) is 1.20. The molecule has 1 amide bonds. The summed E-state index contributed by atoms with van der Waals surface area (Å²) in [5.74, 6) is -11.0. The van der Waals surface area contributed by atoms with Gasteiger partial charge in [0.15, 0.2) is 34.7 Å². The Morgan fingerprint density at radius 1 is 1.08 bits per heavy atom. The number of phenols is 1. The molecule has 1 aromatic carbocycles. The van der Waals surface area contributed by atoms with Gasteiger partial charge in [0.1, 0.15) is 5.75 Å². The number of Topliss-reactive ketones (excluding diaryl/α,β-unsaturated/α-hetero) is 4. The number of piperidine rings is 1. The van der Waals surface area contributed by atoms with Gasteiger partial charge in [-0.3, -0.25) is 24.0 Å². The van der Waals surface area contributed by atoms with Crippen molar-refractivity contribution in [3.63, 3.8) is 0 Å². The van der Waals surface area contributed by atoms with Crippen molar-refractivity contribution in [2.24, 2.45) is 41.2 Å².